The van der Waals surface area contributed by atoms with Gasteiger partial charge in [0, 0.05) is 11.3 Å². The molecule has 4 rings (SSSR count). The van der Waals surface area contributed by atoms with Crippen molar-refractivity contribution in [1.82, 2.24) is 0 Å². The van der Waals surface area contributed by atoms with Crippen LogP contribution in [0.25, 0.3) is 10.8 Å². The van der Waals surface area contributed by atoms with Gasteiger partial charge in [-0.05, 0) is 35.0 Å². The first-order chi connectivity index (χ1) is 12.2. The van der Waals surface area contributed by atoms with Gasteiger partial charge in [-0.25, -0.2) is 4.79 Å². The van der Waals surface area contributed by atoms with Gasteiger partial charge in [0.15, 0.2) is 11.5 Å². The smallest absolute Gasteiger partial charge is 0.344 e. The zero-order valence-corrected chi connectivity index (χ0v) is 13.9. The van der Waals surface area contributed by atoms with Crippen molar-refractivity contribution in [3.63, 3.8) is 0 Å². The fourth-order valence-corrected chi connectivity index (χ4v) is 3.14. The molecule has 1 aliphatic heterocycles. The average molecular weight is 335 g/mol. The van der Waals surface area contributed by atoms with Gasteiger partial charge in [0.1, 0.15) is 5.56 Å². The van der Waals surface area contributed by atoms with Gasteiger partial charge in [-0.15, -0.1) is 0 Å². The molecule has 0 fully saturated rings. The van der Waals surface area contributed by atoms with Gasteiger partial charge in [0.2, 0.25) is 6.23 Å². The third kappa shape index (κ3) is 2.54. The fourth-order valence-electron chi connectivity index (χ4n) is 3.14. The lowest BCUT2D eigenvalue weighted by Gasteiger charge is -2.15. The van der Waals surface area contributed by atoms with E-state index in [1.807, 2.05) is 42.5 Å². The summed E-state index contributed by atoms with van der Waals surface area (Å²) in [5.41, 5.74) is 2.01. The maximum atomic E-state index is 12.3. The molecule has 0 saturated carbocycles. The van der Waals surface area contributed by atoms with Crippen molar-refractivity contribution in [2.75, 3.05) is 19.5 Å². The number of anilines is 1. The Morgan fingerprint density at radius 1 is 0.960 bits per heavy atom. The molecule has 0 unspecified atom stereocenters. The summed E-state index contributed by atoms with van der Waals surface area (Å²) in [6.07, 6.45) is -0.566. The second kappa shape index (κ2) is 6.02. The Morgan fingerprint density at radius 3 is 2.52 bits per heavy atom. The predicted octanol–water partition coefficient (Wildman–Crippen LogP) is 4.14. The number of nitrogens with one attached hydrogen (secondary N) is 1. The van der Waals surface area contributed by atoms with Crippen molar-refractivity contribution in [2.24, 2.45) is 0 Å². The van der Waals surface area contributed by atoms with E-state index in [2.05, 4.69) is 11.4 Å². The van der Waals surface area contributed by atoms with Gasteiger partial charge in [0.05, 0.1) is 14.2 Å². The molecule has 5 heteroatoms. The molecule has 1 N–H and O–H groups in total. The summed E-state index contributed by atoms with van der Waals surface area (Å²) in [5.74, 6) is 0.474. The molecule has 1 heterocycles. The molecule has 0 radical (unpaired) electrons. The molecule has 0 bridgehead atoms. The van der Waals surface area contributed by atoms with E-state index in [4.69, 9.17) is 14.2 Å². The number of benzene rings is 3. The van der Waals surface area contributed by atoms with Crippen LogP contribution in [0.5, 0.6) is 11.5 Å². The topological polar surface area (TPSA) is 56.8 Å². The first-order valence-corrected chi connectivity index (χ1v) is 7.92. The van der Waals surface area contributed by atoms with Crippen LogP contribution in [-0.4, -0.2) is 20.2 Å². The Kier molecular flexibility index (Phi) is 3.69. The maximum Gasteiger partial charge on any atom is 0.344 e. The lowest BCUT2D eigenvalue weighted by molar-refractivity contribution is 0.0435. The Bertz CT molecular complexity index is 967. The van der Waals surface area contributed by atoms with Crippen LogP contribution in [0.3, 0.4) is 0 Å². The molecule has 0 amide bonds. The van der Waals surface area contributed by atoms with Crippen molar-refractivity contribution < 1.29 is 19.0 Å². The van der Waals surface area contributed by atoms with Crippen LogP contribution < -0.4 is 14.8 Å². The van der Waals surface area contributed by atoms with Gasteiger partial charge >= 0.3 is 5.97 Å². The molecule has 25 heavy (non-hydrogen) atoms. The molecule has 126 valence electrons. The number of hydrogen-bond donors (Lipinski definition) is 1. The number of hydrogen-bond acceptors (Lipinski definition) is 5. The number of carbonyl (C=O) groups is 1. The summed E-state index contributed by atoms with van der Waals surface area (Å²) >= 11 is 0. The zero-order chi connectivity index (χ0) is 17.4. The van der Waals surface area contributed by atoms with E-state index in [0.717, 1.165) is 22.0 Å². The summed E-state index contributed by atoms with van der Waals surface area (Å²) in [6, 6.07) is 17.7. The van der Waals surface area contributed by atoms with Crippen LogP contribution in [0.4, 0.5) is 5.69 Å². The maximum absolute atomic E-state index is 12.3. The van der Waals surface area contributed by atoms with Crippen LogP contribution in [0.2, 0.25) is 0 Å². The van der Waals surface area contributed by atoms with Crippen LogP contribution in [0.1, 0.15) is 22.1 Å². The number of cyclic esters (lactones) is 1. The molecular formula is C20H17NO4. The van der Waals surface area contributed by atoms with E-state index in [0.29, 0.717) is 17.1 Å². The molecule has 0 aromatic heterocycles. The predicted molar refractivity (Wildman–Crippen MR) is 95.3 cm³/mol. The third-order valence-corrected chi connectivity index (χ3v) is 4.34. The lowest BCUT2D eigenvalue weighted by Crippen LogP contribution is -2.10. The molecule has 0 aliphatic carbocycles. The van der Waals surface area contributed by atoms with Gasteiger partial charge in [0.25, 0.3) is 0 Å². The monoisotopic (exact) mass is 335 g/mol. The number of methoxy groups -OCH3 is 2. The Balaban J connectivity index is 1.70. The van der Waals surface area contributed by atoms with Crippen LogP contribution in [-0.2, 0) is 4.74 Å². The summed E-state index contributed by atoms with van der Waals surface area (Å²) in [6.45, 7) is 0. The molecule has 0 spiro atoms. The van der Waals surface area contributed by atoms with Crippen molar-refractivity contribution >= 4 is 22.4 Å². The quantitative estimate of drug-likeness (QED) is 0.726. The van der Waals surface area contributed by atoms with E-state index in [9.17, 15) is 4.79 Å². The first-order valence-electron chi connectivity index (χ1n) is 7.92. The Labute approximate surface area is 145 Å². The number of rotatable bonds is 4. The van der Waals surface area contributed by atoms with E-state index in [1.165, 1.54) is 14.2 Å². The Hall–Kier alpha value is -3.21. The van der Waals surface area contributed by atoms with E-state index in [1.54, 1.807) is 6.07 Å². The summed E-state index contributed by atoms with van der Waals surface area (Å²) in [7, 11) is 3.05. The molecular weight excluding hydrogens is 318 g/mol. The number of fused-ring (bicyclic) bond motifs is 2. The van der Waals surface area contributed by atoms with Crippen molar-refractivity contribution in [3.8, 4) is 11.5 Å². The summed E-state index contributed by atoms with van der Waals surface area (Å²) in [4.78, 5) is 12.3. The standard InChI is InChI=1S/C20H17NO4/c1-23-16-10-9-15-17(18(16)24-2)20(22)25-19(15)21-14-8-7-12-5-3-4-6-13(12)11-14/h3-11,19,21H,1-2H3/t19-/m0/s1. The normalized spacial score (nSPS) is 15.6. The largest absolute Gasteiger partial charge is 0.493 e. The second-order valence-electron chi connectivity index (χ2n) is 5.76. The zero-order valence-electron chi connectivity index (χ0n) is 13.9. The summed E-state index contributed by atoms with van der Waals surface area (Å²) < 4.78 is 16.1. The highest BCUT2D eigenvalue weighted by molar-refractivity contribution is 5.98. The van der Waals surface area contributed by atoms with Gasteiger partial charge in [-0.3, -0.25) is 0 Å². The molecule has 3 aromatic carbocycles. The van der Waals surface area contributed by atoms with Crippen molar-refractivity contribution in [1.29, 1.82) is 0 Å². The number of carbonyl (C=O) groups excluding carboxylic acids is 1. The Morgan fingerprint density at radius 2 is 1.76 bits per heavy atom. The highest BCUT2D eigenvalue weighted by Gasteiger charge is 2.35. The van der Waals surface area contributed by atoms with E-state index >= 15 is 0 Å². The third-order valence-electron chi connectivity index (χ3n) is 4.34. The highest BCUT2D eigenvalue weighted by Crippen LogP contribution is 2.42. The lowest BCUT2D eigenvalue weighted by atomic mass is 10.1. The minimum Gasteiger partial charge on any atom is -0.493 e. The van der Waals surface area contributed by atoms with E-state index < -0.39 is 12.2 Å². The molecule has 0 saturated heterocycles. The fraction of sp³-hybridized carbons (Fsp3) is 0.150. The average Bonchev–Trinajstić information content (AvgIpc) is 2.96. The van der Waals surface area contributed by atoms with Crippen LogP contribution in [0, 0.1) is 0 Å². The first kappa shape index (κ1) is 15.3. The highest BCUT2D eigenvalue weighted by atomic mass is 16.6. The van der Waals surface area contributed by atoms with Crippen molar-refractivity contribution in [3.05, 3.63) is 65.7 Å². The van der Waals surface area contributed by atoms with Crippen LogP contribution in [0.15, 0.2) is 54.6 Å². The van der Waals surface area contributed by atoms with Gasteiger partial charge in [-0.1, -0.05) is 30.3 Å². The molecule has 1 aliphatic rings. The van der Waals surface area contributed by atoms with Crippen molar-refractivity contribution in [2.45, 2.75) is 6.23 Å². The van der Waals surface area contributed by atoms with Gasteiger partial charge < -0.3 is 19.5 Å². The summed E-state index contributed by atoms with van der Waals surface area (Å²) in [5, 5.41) is 5.54. The molecule has 5 nitrogen and oxygen atoms in total. The minimum atomic E-state index is -0.566. The minimum absolute atomic E-state index is 0.396. The van der Waals surface area contributed by atoms with Crippen LogP contribution >= 0.6 is 0 Å². The SMILES string of the molecule is COc1ccc2c(c1OC)C(=O)O[C@@H]2Nc1ccc2ccccc2c1. The number of ether oxygens (including phenoxy) is 3. The molecule has 1 atom stereocenters. The van der Waals surface area contributed by atoms with Gasteiger partial charge in [-0.2, -0.15) is 0 Å². The second-order valence-corrected chi connectivity index (χ2v) is 5.76. The van der Waals surface area contributed by atoms with E-state index in [-0.39, 0.29) is 0 Å². The molecule has 3 aromatic rings. The number of esters is 1.